The molecule has 1 N–H and O–H groups in total. The van der Waals surface area contributed by atoms with E-state index in [-0.39, 0.29) is 0 Å². The predicted octanol–water partition coefficient (Wildman–Crippen LogP) is 4.78. The summed E-state index contributed by atoms with van der Waals surface area (Å²) in [5.41, 5.74) is 5.64. The minimum atomic E-state index is 0.335. The highest BCUT2D eigenvalue weighted by Gasteiger charge is 2.21. The van der Waals surface area contributed by atoms with Gasteiger partial charge >= 0.3 is 0 Å². The average molecular weight is 349 g/mol. The molecule has 136 valence electrons. The van der Waals surface area contributed by atoms with Crippen LogP contribution in [0.4, 0.5) is 5.88 Å². The quantitative estimate of drug-likeness (QED) is 0.666. The Bertz CT molecular complexity index is 840. The number of aryl methyl sites for hydroxylation is 1. The minimum absolute atomic E-state index is 0.335. The molecule has 0 amide bonds. The lowest BCUT2D eigenvalue weighted by Gasteiger charge is -2.21. The fourth-order valence-corrected chi connectivity index (χ4v) is 2.95. The molecule has 4 nitrogen and oxygen atoms in total. The zero-order chi connectivity index (χ0) is 18.5. The van der Waals surface area contributed by atoms with E-state index < -0.39 is 0 Å². The van der Waals surface area contributed by atoms with Gasteiger partial charge in [-0.2, -0.15) is 0 Å². The molecule has 0 aliphatic rings. The van der Waals surface area contributed by atoms with Crippen LogP contribution in [-0.4, -0.2) is 18.2 Å². The van der Waals surface area contributed by atoms with Gasteiger partial charge in [0.05, 0.1) is 5.56 Å². The van der Waals surface area contributed by atoms with Crippen LogP contribution in [0.25, 0.3) is 11.3 Å². The molecular formula is C22H27N3O. The van der Waals surface area contributed by atoms with E-state index in [1.807, 2.05) is 25.2 Å². The van der Waals surface area contributed by atoms with Crippen LogP contribution >= 0.6 is 0 Å². The first-order valence-corrected chi connectivity index (χ1v) is 9.09. The minimum Gasteiger partial charge on any atom is -0.341 e. The number of nitrogens with one attached hydrogen (secondary N) is 1. The van der Waals surface area contributed by atoms with E-state index in [1.165, 1.54) is 11.1 Å². The van der Waals surface area contributed by atoms with Gasteiger partial charge in [0.15, 0.2) is 0 Å². The fraction of sp³-hybridized carbons (Fsp3) is 0.318. The maximum absolute atomic E-state index is 5.73. The van der Waals surface area contributed by atoms with E-state index in [9.17, 15) is 0 Å². The largest absolute Gasteiger partial charge is 0.341 e. The van der Waals surface area contributed by atoms with Crippen molar-refractivity contribution in [3.05, 3.63) is 71.3 Å². The smallest absolute Gasteiger partial charge is 0.232 e. The highest BCUT2D eigenvalue weighted by Crippen LogP contribution is 2.31. The molecule has 0 saturated heterocycles. The molecule has 0 saturated carbocycles. The molecular weight excluding hydrogens is 322 g/mol. The van der Waals surface area contributed by atoms with E-state index in [1.54, 1.807) is 0 Å². The summed E-state index contributed by atoms with van der Waals surface area (Å²) >= 11 is 0. The first-order chi connectivity index (χ1) is 12.6. The first-order valence-electron chi connectivity index (χ1n) is 9.09. The Kier molecular flexibility index (Phi) is 5.74. The molecule has 0 atom stereocenters. The second-order valence-corrected chi connectivity index (χ2v) is 6.98. The molecule has 0 aliphatic carbocycles. The topological polar surface area (TPSA) is 41.3 Å². The van der Waals surface area contributed by atoms with E-state index >= 15 is 0 Å². The Labute approximate surface area is 155 Å². The number of rotatable bonds is 7. The van der Waals surface area contributed by atoms with Crippen molar-refractivity contribution >= 4 is 5.88 Å². The summed E-state index contributed by atoms with van der Waals surface area (Å²) in [5.74, 6) is 0.829. The monoisotopic (exact) mass is 349 g/mol. The molecule has 0 fully saturated rings. The van der Waals surface area contributed by atoms with Gasteiger partial charge in [-0.05, 0) is 26.3 Å². The highest BCUT2D eigenvalue weighted by atomic mass is 16.5. The highest BCUT2D eigenvalue weighted by molar-refractivity contribution is 5.68. The van der Waals surface area contributed by atoms with Crippen molar-refractivity contribution in [2.75, 3.05) is 11.9 Å². The van der Waals surface area contributed by atoms with Gasteiger partial charge in [-0.1, -0.05) is 65.3 Å². The van der Waals surface area contributed by atoms with Crippen LogP contribution in [0.15, 0.2) is 59.1 Å². The maximum Gasteiger partial charge on any atom is 0.232 e. The number of nitrogens with zero attached hydrogens (tertiary/aromatic N) is 2. The number of aromatic nitrogens is 1. The summed E-state index contributed by atoms with van der Waals surface area (Å²) in [4.78, 5) is 2.13. The Morgan fingerprint density at radius 1 is 1.04 bits per heavy atom. The summed E-state index contributed by atoms with van der Waals surface area (Å²) in [6, 6.07) is 19.1. The Morgan fingerprint density at radius 2 is 1.81 bits per heavy atom. The lowest BCUT2D eigenvalue weighted by molar-refractivity contribution is 0.415. The van der Waals surface area contributed by atoms with Crippen molar-refractivity contribution in [3.8, 4) is 11.3 Å². The molecule has 0 aliphatic heterocycles. The number of hydrogen-bond donors (Lipinski definition) is 1. The number of hydrogen-bond acceptors (Lipinski definition) is 4. The third kappa shape index (κ3) is 4.14. The molecule has 2 aromatic carbocycles. The lowest BCUT2D eigenvalue weighted by Crippen LogP contribution is -2.27. The van der Waals surface area contributed by atoms with Crippen LogP contribution in [0, 0.1) is 6.92 Å². The van der Waals surface area contributed by atoms with Crippen molar-refractivity contribution in [3.63, 3.8) is 0 Å². The molecule has 0 radical (unpaired) electrons. The molecule has 26 heavy (non-hydrogen) atoms. The summed E-state index contributed by atoms with van der Waals surface area (Å²) in [7, 11) is 2.05. The van der Waals surface area contributed by atoms with Crippen LogP contribution in [0.2, 0.25) is 0 Å². The van der Waals surface area contributed by atoms with Crippen molar-refractivity contribution in [1.82, 2.24) is 10.5 Å². The summed E-state index contributed by atoms with van der Waals surface area (Å²) in [6.45, 7) is 7.93. The molecule has 1 aromatic heterocycles. The average Bonchev–Trinajstić information content (AvgIpc) is 3.05. The van der Waals surface area contributed by atoms with Crippen LogP contribution < -0.4 is 10.2 Å². The number of anilines is 1. The molecule has 4 heteroatoms. The number of benzene rings is 2. The van der Waals surface area contributed by atoms with Gasteiger partial charge in [0.2, 0.25) is 5.88 Å². The predicted molar refractivity (Wildman–Crippen MR) is 107 cm³/mol. The van der Waals surface area contributed by atoms with Gasteiger partial charge in [-0.3, -0.25) is 0 Å². The molecule has 3 rings (SSSR count). The fourth-order valence-electron chi connectivity index (χ4n) is 2.95. The van der Waals surface area contributed by atoms with E-state index in [4.69, 9.17) is 4.52 Å². The van der Waals surface area contributed by atoms with Gasteiger partial charge < -0.3 is 14.7 Å². The first kappa shape index (κ1) is 18.2. The van der Waals surface area contributed by atoms with Gasteiger partial charge in [0, 0.05) is 31.7 Å². The standard InChI is InChI=1S/C22H27N3O/c1-16(2)25(4)22-20(15-23-14-18-10-8-9-17(3)13-18)21(24-26-22)19-11-6-5-7-12-19/h5-13,16,23H,14-15H2,1-4H3. The zero-order valence-corrected chi connectivity index (χ0v) is 16.0. The van der Waals surface area contributed by atoms with Crippen LogP contribution in [0.5, 0.6) is 0 Å². The summed E-state index contributed by atoms with van der Waals surface area (Å²) in [5, 5.41) is 7.92. The molecule has 1 heterocycles. The Hall–Kier alpha value is -2.59. The lowest BCUT2D eigenvalue weighted by atomic mass is 10.1. The molecule has 0 unspecified atom stereocenters. The Balaban J connectivity index is 1.84. The van der Waals surface area contributed by atoms with E-state index in [0.29, 0.717) is 12.6 Å². The molecule has 0 bridgehead atoms. The third-order valence-electron chi connectivity index (χ3n) is 4.62. The van der Waals surface area contributed by atoms with Crippen molar-refractivity contribution in [2.24, 2.45) is 0 Å². The Morgan fingerprint density at radius 3 is 2.50 bits per heavy atom. The van der Waals surface area contributed by atoms with Gasteiger partial charge in [-0.15, -0.1) is 0 Å². The van der Waals surface area contributed by atoms with Crippen molar-refractivity contribution < 1.29 is 4.52 Å². The SMILES string of the molecule is Cc1cccc(CNCc2c(-c3ccccc3)noc2N(C)C(C)C)c1. The van der Waals surface area contributed by atoms with Gasteiger partial charge in [0.1, 0.15) is 5.69 Å². The van der Waals surface area contributed by atoms with Gasteiger partial charge in [0.25, 0.3) is 0 Å². The summed E-state index contributed by atoms with van der Waals surface area (Å²) < 4.78 is 5.73. The summed E-state index contributed by atoms with van der Waals surface area (Å²) in [6.07, 6.45) is 0. The molecule has 0 spiro atoms. The zero-order valence-electron chi connectivity index (χ0n) is 16.0. The normalized spacial score (nSPS) is 11.1. The van der Waals surface area contributed by atoms with Crippen LogP contribution in [0.1, 0.15) is 30.5 Å². The van der Waals surface area contributed by atoms with Gasteiger partial charge in [-0.25, -0.2) is 0 Å². The van der Waals surface area contributed by atoms with Crippen molar-refractivity contribution in [1.29, 1.82) is 0 Å². The second-order valence-electron chi connectivity index (χ2n) is 6.98. The second kappa shape index (κ2) is 8.19. The maximum atomic E-state index is 5.73. The van der Waals surface area contributed by atoms with E-state index in [0.717, 1.165) is 29.2 Å². The van der Waals surface area contributed by atoms with Crippen molar-refractivity contribution in [2.45, 2.75) is 39.9 Å². The molecule has 3 aromatic rings. The van der Waals surface area contributed by atoms with Crippen LogP contribution in [0.3, 0.4) is 0 Å². The van der Waals surface area contributed by atoms with Crippen LogP contribution in [-0.2, 0) is 13.1 Å². The third-order valence-corrected chi connectivity index (χ3v) is 4.62. The van der Waals surface area contributed by atoms with E-state index in [2.05, 4.69) is 72.5 Å².